The van der Waals surface area contributed by atoms with Crippen molar-refractivity contribution >= 4 is 11.9 Å². The highest BCUT2D eigenvalue weighted by molar-refractivity contribution is 5.70. The summed E-state index contributed by atoms with van der Waals surface area (Å²) in [6, 6.07) is 0. The Morgan fingerprint density at radius 1 is 0.245 bits per heavy atom. The van der Waals surface area contributed by atoms with Gasteiger partial charge in [-0.15, -0.1) is 0 Å². The third-order valence-corrected chi connectivity index (χ3v) is 19.8. The molecule has 1 N–H and O–H groups in total. The average molecular weight is 1320 g/mol. The smallest absolute Gasteiger partial charge is 0.306 e. The standard InChI is InChI=1S/C89H166O5/c1-3-5-7-9-11-13-15-17-19-21-23-25-27-29-31-33-35-37-39-41-43-44-46-48-50-52-54-56-58-60-62-64-66-68-70-72-74-76-78-80-82-84-89(92)94-87(85-90)86-93-88(91)83-81-79-77-75-73-71-69-67-65-63-61-59-57-55-53-51-49-47-45-42-40-38-36-34-32-30-28-26-24-22-20-18-16-14-12-10-8-6-4-2/h15-18,21-24,27,29,87,90H,3-14,19-20,25-26,28,30-86H2,1-2H3/b17-15-,18-16-,23-21-,24-22-,29-27-. The van der Waals surface area contributed by atoms with Crippen LogP contribution in [0, 0.1) is 0 Å². The number of unbranched alkanes of at least 4 members (excludes halogenated alkanes) is 63. The molecule has 5 heteroatoms. The van der Waals surface area contributed by atoms with Crippen molar-refractivity contribution in [3.63, 3.8) is 0 Å². The lowest BCUT2D eigenvalue weighted by atomic mass is 10.0. The van der Waals surface area contributed by atoms with E-state index in [-0.39, 0.29) is 25.2 Å². The summed E-state index contributed by atoms with van der Waals surface area (Å²) in [6.07, 6.45) is 118. The van der Waals surface area contributed by atoms with Gasteiger partial charge in [0.05, 0.1) is 6.61 Å². The molecule has 0 aromatic heterocycles. The summed E-state index contributed by atoms with van der Waals surface area (Å²) in [5.41, 5.74) is 0. The largest absolute Gasteiger partial charge is 0.462 e. The van der Waals surface area contributed by atoms with E-state index in [0.717, 1.165) is 51.4 Å². The Hall–Kier alpha value is -2.40. The molecule has 0 heterocycles. The number of hydrogen-bond donors (Lipinski definition) is 1. The molecule has 5 nitrogen and oxygen atoms in total. The molecule has 0 aliphatic carbocycles. The zero-order chi connectivity index (χ0) is 67.5. The minimum Gasteiger partial charge on any atom is -0.462 e. The predicted octanol–water partition coefficient (Wildman–Crippen LogP) is 30.3. The molecule has 0 spiro atoms. The lowest BCUT2D eigenvalue weighted by Crippen LogP contribution is -2.28. The number of hydrogen-bond acceptors (Lipinski definition) is 5. The van der Waals surface area contributed by atoms with Gasteiger partial charge in [0.15, 0.2) is 6.10 Å². The van der Waals surface area contributed by atoms with E-state index in [1.54, 1.807) is 0 Å². The van der Waals surface area contributed by atoms with E-state index in [4.69, 9.17) is 9.47 Å². The van der Waals surface area contributed by atoms with Gasteiger partial charge >= 0.3 is 11.9 Å². The number of carbonyl (C=O) groups excluding carboxylic acids is 2. The van der Waals surface area contributed by atoms with E-state index >= 15 is 0 Å². The highest BCUT2D eigenvalue weighted by Gasteiger charge is 2.16. The van der Waals surface area contributed by atoms with Gasteiger partial charge < -0.3 is 14.6 Å². The molecule has 0 aromatic carbocycles. The van der Waals surface area contributed by atoms with Crippen LogP contribution in [0.3, 0.4) is 0 Å². The summed E-state index contributed by atoms with van der Waals surface area (Å²) in [5.74, 6) is -0.562. The zero-order valence-electron chi connectivity index (χ0n) is 63.8. The average Bonchev–Trinajstić information content (AvgIpc) is 3.77. The Bertz CT molecular complexity index is 1590. The molecule has 0 aromatic rings. The molecule has 1 atom stereocenters. The molecule has 1 unspecified atom stereocenters. The number of rotatable bonds is 81. The van der Waals surface area contributed by atoms with Gasteiger partial charge in [-0.1, -0.05) is 441 Å². The van der Waals surface area contributed by atoms with Crippen molar-refractivity contribution in [2.45, 2.75) is 482 Å². The van der Waals surface area contributed by atoms with E-state index in [1.165, 1.54) is 398 Å². The molecule has 94 heavy (non-hydrogen) atoms. The van der Waals surface area contributed by atoms with E-state index in [2.05, 4.69) is 74.6 Å². The molecule has 0 bridgehead atoms. The monoisotopic (exact) mass is 1320 g/mol. The Balaban J connectivity index is 3.36. The van der Waals surface area contributed by atoms with Gasteiger partial charge in [-0.05, 0) is 83.5 Å². The van der Waals surface area contributed by atoms with Crippen molar-refractivity contribution in [3.05, 3.63) is 60.8 Å². The van der Waals surface area contributed by atoms with E-state index in [1.807, 2.05) is 0 Å². The summed E-state index contributed by atoms with van der Waals surface area (Å²) in [7, 11) is 0. The van der Waals surface area contributed by atoms with E-state index in [0.29, 0.717) is 12.8 Å². The zero-order valence-corrected chi connectivity index (χ0v) is 63.8. The van der Waals surface area contributed by atoms with Gasteiger partial charge in [0.2, 0.25) is 0 Å². The van der Waals surface area contributed by atoms with E-state index in [9.17, 15) is 14.7 Å². The van der Waals surface area contributed by atoms with Crippen LogP contribution in [0.2, 0.25) is 0 Å². The maximum Gasteiger partial charge on any atom is 0.306 e. The summed E-state index contributed by atoms with van der Waals surface area (Å²) in [6.45, 7) is 4.19. The number of aliphatic hydroxyl groups is 1. The lowest BCUT2D eigenvalue weighted by molar-refractivity contribution is -0.161. The second kappa shape index (κ2) is 84.8. The Morgan fingerprint density at radius 3 is 0.638 bits per heavy atom. The van der Waals surface area contributed by atoms with Crippen molar-refractivity contribution in [1.82, 2.24) is 0 Å². The van der Waals surface area contributed by atoms with E-state index < -0.39 is 6.10 Å². The first kappa shape index (κ1) is 91.6. The maximum atomic E-state index is 12.4. The quantitative estimate of drug-likeness (QED) is 0.0373. The first-order chi connectivity index (χ1) is 46.6. The van der Waals surface area contributed by atoms with Gasteiger partial charge in [0.1, 0.15) is 6.61 Å². The van der Waals surface area contributed by atoms with Crippen LogP contribution in [0.1, 0.15) is 476 Å². The second-order valence-corrected chi connectivity index (χ2v) is 29.3. The second-order valence-electron chi connectivity index (χ2n) is 29.3. The summed E-state index contributed by atoms with van der Waals surface area (Å²) in [4.78, 5) is 24.8. The molecule has 0 amide bonds. The minimum atomic E-state index is -0.771. The highest BCUT2D eigenvalue weighted by atomic mass is 16.6. The Labute approximate surface area is 589 Å². The first-order valence-electron chi connectivity index (χ1n) is 42.8. The van der Waals surface area contributed by atoms with Crippen molar-refractivity contribution in [3.8, 4) is 0 Å². The van der Waals surface area contributed by atoms with Gasteiger partial charge in [0.25, 0.3) is 0 Å². The van der Waals surface area contributed by atoms with Crippen molar-refractivity contribution in [2.75, 3.05) is 13.2 Å². The molecule has 0 fully saturated rings. The molecule has 0 aliphatic heterocycles. The molecule has 0 radical (unpaired) electrons. The summed E-state index contributed by atoms with van der Waals surface area (Å²) in [5, 5.41) is 9.74. The molecule has 0 rings (SSSR count). The van der Waals surface area contributed by atoms with Gasteiger partial charge in [-0.2, -0.15) is 0 Å². The third-order valence-electron chi connectivity index (χ3n) is 19.8. The van der Waals surface area contributed by atoms with Gasteiger partial charge in [0, 0.05) is 12.8 Å². The minimum absolute atomic E-state index is 0.0589. The van der Waals surface area contributed by atoms with Crippen LogP contribution < -0.4 is 0 Å². The van der Waals surface area contributed by atoms with Crippen LogP contribution in [0.4, 0.5) is 0 Å². The summed E-state index contributed by atoms with van der Waals surface area (Å²) >= 11 is 0. The predicted molar refractivity (Wildman–Crippen MR) is 417 cm³/mol. The normalized spacial score (nSPS) is 12.4. The molecular formula is C89H166O5. The molecule has 0 saturated heterocycles. The lowest BCUT2D eigenvalue weighted by Gasteiger charge is -2.15. The summed E-state index contributed by atoms with van der Waals surface area (Å²) < 4.78 is 10.8. The fraction of sp³-hybridized carbons (Fsp3) is 0.865. The van der Waals surface area contributed by atoms with Crippen LogP contribution in [-0.2, 0) is 19.1 Å². The third kappa shape index (κ3) is 82.0. The Morgan fingerprint density at radius 2 is 0.426 bits per heavy atom. The maximum absolute atomic E-state index is 12.4. The van der Waals surface area contributed by atoms with Crippen LogP contribution in [0.15, 0.2) is 60.8 Å². The van der Waals surface area contributed by atoms with Crippen LogP contribution >= 0.6 is 0 Å². The van der Waals surface area contributed by atoms with Crippen molar-refractivity contribution in [2.24, 2.45) is 0 Å². The Kier molecular flexibility index (Phi) is 82.7. The number of aliphatic hydroxyl groups excluding tert-OH is 1. The fourth-order valence-electron chi connectivity index (χ4n) is 13.4. The highest BCUT2D eigenvalue weighted by Crippen LogP contribution is 2.20. The number of ether oxygens (including phenoxy) is 2. The SMILES string of the molecule is CCCCCCC/C=C\C/C=C\C/C=C\CCCCCCCCCCCCCCCCCCCCCCCCCCCCC(=O)OC(CO)COC(=O)CCCCCCCCCCCCCCCCCCCCCCCCCCCCC/C=C\C/C=C\CCCCCCC. The van der Waals surface area contributed by atoms with Crippen molar-refractivity contribution < 1.29 is 24.2 Å². The fourth-order valence-corrected chi connectivity index (χ4v) is 13.4. The number of allylic oxidation sites excluding steroid dienone is 10. The number of esters is 2. The van der Waals surface area contributed by atoms with Crippen molar-refractivity contribution in [1.29, 1.82) is 0 Å². The molecule has 552 valence electrons. The molecule has 0 aliphatic rings. The molecule has 0 saturated carbocycles. The van der Waals surface area contributed by atoms with Crippen LogP contribution in [0.25, 0.3) is 0 Å². The van der Waals surface area contributed by atoms with Crippen LogP contribution in [-0.4, -0.2) is 36.4 Å². The topological polar surface area (TPSA) is 72.8 Å². The van der Waals surface area contributed by atoms with Crippen LogP contribution in [0.5, 0.6) is 0 Å². The number of carbonyl (C=O) groups is 2. The van der Waals surface area contributed by atoms with Gasteiger partial charge in [-0.25, -0.2) is 0 Å². The molecular weight excluding hydrogens is 1150 g/mol. The first-order valence-corrected chi connectivity index (χ1v) is 42.8. The van der Waals surface area contributed by atoms with Gasteiger partial charge in [-0.3, -0.25) is 9.59 Å².